The number of hydrogen-bond donors (Lipinski definition) is 1. The lowest BCUT2D eigenvalue weighted by atomic mass is 9.98. The average molecular weight is 337 g/mol. The molecule has 1 atom stereocenters. The zero-order valence-electron chi connectivity index (χ0n) is 14.7. The summed E-state index contributed by atoms with van der Waals surface area (Å²) in [4.78, 5) is 8.17. The van der Waals surface area contributed by atoms with Crippen molar-refractivity contribution < 1.29 is 9.47 Å². The third-order valence-electron chi connectivity index (χ3n) is 3.99. The highest BCUT2D eigenvalue weighted by Crippen LogP contribution is 2.32. The molecule has 0 amide bonds. The molecule has 0 radical (unpaired) electrons. The molecule has 1 unspecified atom stereocenters. The molecule has 2 aromatic rings. The maximum absolute atomic E-state index is 6.00. The SMILES string of the molecule is C=N/C(C)=C\NCc1cc(Oc2ccc3c(c2)CC(C)CO3)ccn1. The highest BCUT2D eigenvalue weighted by atomic mass is 16.5. The zero-order chi connectivity index (χ0) is 17.6. The number of pyridine rings is 1. The number of aromatic nitrogens is 1. The Balaban J connectivity index is 1.68. The van der Waals surface area contributed by atoms with Crippen molar-refractivity contribution in [1.82, 2.24) is 10.3 Å². The quantitative estimate of drug-likeness (QED) is 0.807. The molecule has 0 saturated carbocycles. The summed E-state index contributed by atoms with van der Waals surface area (Å²) in [6, 6.07) is 9.76. The summed E-state index contributed by atoms with van der Waals surface area (Å²) in [5.74, 6) is 3.07. The number of ether oxygens (including phenoxy) is 2. The molecule has 1 N–H and O–H groups in total. The fraction of sp³-hybridized carbons (Fsp3) is 0.300. The number of nitrogens with zero attached hydrogens (tertiary/aromatic N) is 2. The Bertz CT molecular complexity index is 786. The summed E-state index contributed by atoms with van der Waals surface area (Å²) in [6.45, 7) is 8.93. The van der Waals surface area contributed by atoms with Crippen molar-refractivity contribution in [3.05, 3.63) is 59.7 Å². The van der Waals surface area contributed by atoms with Crippen molar-refractivity contribution in [2.45, 2.75) is 26.8 Å². The second-order valence-corrected chi connectivity index (χ2v) is 6.30. The van der Waals surface area contributed by atoms with Crippen molar-refractivity contribution in [2.75, 3.05) is 6.61 Å². The minimum absolute atomic E-state index is 0.530. The summed E-state index contributed by atoms with van der Waals surface area (Å²) in [6.07, 6.45) is 4.58. The van der Waals surface area contributed by atoms with E-state index in [1.807, 2.05) is 37.4 Å². The minimum atomic E-state index is 0.530. The summed E-state index contributed by atoms with van der Waals surface area (Å²) < 4.78 is 11.7. The van der Waals surface area contributed by atoms with Gasteiger partial charge >= 0.3 is 0 Å². The van der Waals surface area contributed by atoms with Crippen LogP contribution < -0.4 is 14.8 Å². The Labute approximate surface area is 148 Å². The van der Waals surface area contributed by atoms with Crippen LogP contribution in [0.25, 0.3) is 0 Å². The molecule has 2 heterocycles. The Morgan fingerprint density at radius 2 is 2.24 bits per heavy atom. The van der Waals surface area contributed by atoms with Gasteiger partial charge in [-0.25, -0.2) is 0 Å². The van der Waals surface area contributed by atoms with Gasteiger partial charge in [0, 0.05) is 18.5 Å². The number of aliphatic imine (C=N–C) groups is 1. The van der Waals surface area contributed by atoms with Crippen LogP contribution in [0.2, 0.25) is 0 Å². The normalized spacial score (nSPS) is 16.6. The summed E-state index contributed by atoms with van der Waals surface area (Å²) in [5.41, 5.74) is 2.92. The van der Waals surface area contributed by atoms with E-state index in [1.165, 1.54) is 5.56 Å². The van der Waals surface area contributed by atoms with Crippen LogP contribution in [-0.4, -0.2) is 18.3 Å². The molecule has 0 bridgehead atoms. The van der Waals surface area contributed by atoms with Gasteiger partial charge in [-0.2, -0.15) is 0 Å². The molecule has 1 aliphatic heterocycles. The van der Waals surface area contributed by atoms with E-state index in [1.54, 1.807) is 6.20 Å². The molecule has 5 heteroatoms. The second kappa shape index (κ2) is 7.83. The Morgan fingerprint density at radius 1 is 1.40 bits per heavy atom. The third-order valence-corrected chi connectivity index (χ3v) is 3.99. The number of fused-ring (bicyclic) bond motifs is 1. The lowest BCUT2D eigenvalue weighted by molar-refractivity contribution is 0.233. The summed E-state index contributed by atoms with van der Waals surface area (Å²) in [7, 11) is 0. The Kier molecular flexibility index (Phi) is 5.33. The van der Waals surface area contributed by atoms with Gasteiger partial charge in [0.2, 0.25) is 0 Å². The number of allylic oxidation sites excluding steroid dienone is 1. The fourth-order valence-corrected chi connectivity index (χ4v) is 2.69. The zero-order valence-corrected chi connectivity index (χ0v) is 14.7. The Morgan fingerprint density at radius 3 is 3.08 bits per heavy atom. The number of hydrogen-bond acceptors (Lipinski definition) is 5. The van der Waals surface area contributed by atoms with E-state index in [4.69, 9.17) is 9.47 Å². The van der Waals surface area contributed by atoms with Crippen molar-refractivity contribution in [3.8, 4) is 17.2 Å². The lowest BCUT2D eigenvalue weighted by Gasteiger charge is -2.22. The maximum Gasteiger partial charge on any atom is 0.130 e. The number of rotatable bonds is 6. The third kappa shape index (κ3) is 4.59. The first-order chi connectivity index (χ1) is 12.1. The van der Waals surface area contributed by atoms with E-state index in [0.717, 1.165) is 41.7 Å². The topological polar surface area (TPSA) is 55.7 Å². The van der Waals surface area contributed by atoms with Crippen LogP contribution in [0.5, 0.6) is 17.2 Å². The molecule has 130 valence electrons. The van der Waals surface area contributed by atoms with Crippen LogP contribution in [0.3, 0.4) is 0 Å². The maximum atomic E-state index is 6.00. The van der Waals surface area contributed by atoms with E-state index in [9.17, 15) is 0 Å². The van der Waals surface area contributed by atoms with Gasteiger partial charge in [-0.3, -0.25) is 9.98 Å². The van der Waals surface area contributed by atoms with Crippen LogP contribution in [0, 0.1) is 5.92 Å². The van der Waals surface area contributed by atoms with E-state index < -0.39 is 0 Å². The second-order valence-electron chi connectivity index (χ2n) is 6.30. The first-order valence-electron chi connectivity index (χ1n) is 8.39. The molecule has 0 saturated heterocycles. The van der Waals surface area contributed by atoms with Gasteiger partial charge in [0.15, 0.2) is 0 Å². The predicted octanol–water partition coefficient (Wildman–Crippen LogP) is 4.10. The lowest BCUT2D eigenvalue weighted by Crippen LogP contribution is -2.17. The fourth-order valence-electron chi connectivity index (χ4n) is 2.69. The van der Waals surface area contributed by atoms with Crippen LogP contribution >= 0.6 is 0 Å². The smallest absolute Gasteiger partial charge is 0.130 e. The molecule has 3 rings (SSSR count). The number of nitrogens with one attached hydrogen (secondary N) is 1. The van der Waals surface area contributed by atoms with Crippen molar-refractivity contribution in [3.63, 3.8) is 0 Å². The molecule has 0 aliphatic carbocycles. The van der Waals surface area contributed by atoms with Gasteiger partial charge in [-0.05, 0) is 55.8 Å². The molecule has 1 aromatic heterocycles. The van der Waals surface area contributed by atoms with Gasteiger partial charge in [-0.15, -0.1) is 0 Å². The average Bonchev–Trinajstić information content (AvgIpc) is 2.61. The summed E-state index contributed by atoms with van der Waals surface area (Å²) in [5, 5.41) is 3.16. The highest BCUT2D eigenvalue weighted by molar-refractivity contribution is 5.43. The molecule has 1 aromatic carbocycles. The van der Waals surface area contributed by atoms with Crippen LogP contribution in [-0.2, 0) is 13.0 Å². The largest absolute Gasteiger partial charge is 0.493 e. The molecule has 0 spiro atoms. The minimum Gasteiger partial charge on any atom is -0.493 e. The van der Waals surface area contributed by atoms with E-state index in [0.29, 0.717) is 12.5 Å². The van der Waals surface area contributed by atoms with Gasteiger partial charge in [-0.1, -0.05) is 6.92 Å². The first kappa shape index (κ1) is 17.0. The van der Waals surface area contributed by atoms with Gasteiger partial charge in [0.05, 0.1) is 24.5 Å². The van der Waals surface area contributed by atoms with E-state index in [-0.39, 0.29) is 0 Å². The molecule has 25 heavy (non-hydrogen) atoms. The summed E-state index contributed by atoms with van der Waals surface area (Å²) >= 11 is 0. The molecular formula is C20H23N3O2. The van der Waals surface area contributed by atoms with Crippen LogP contribution in [0.4, 0.5) is 0 Å². The Hall–Kier alpha value is -2.82. The van der Waals surface area contributed by atoms with Gasteiger partial charge < -0.3 is 14.8 Å². The molecular weight excluding hydrogens is 314 g/mol. The highest BCUT2D eigenvalue weighted by Gasteiger charge is 2.16. The van der Waals surface area contributed by atoms with Gasteiger partial charge in [0.25, 0.3) is 0 Å². The van der Waals surface area contributed by atoms with Crippen molar-refractivity contribution >= 4 is 6.72 Å². The van der Waals surface area contributed by atoms with Crippen LogP contribution in [0.1, 0.15) is 25.1 Å². The number of benzene rings is 1. The predicted molar refractivity (Wildman–Crippen MR) is 99.3 cm³/mol. The molecule has 1 aliphatic rings. The first-order valence-corrected chi connectivity index (χ1v) is 8.39. The molecule has 0 fully saturated rings. The van der Waals surface area contributed by atoms with Crippen LogP contribution in [0.15, 0.2) is 53.4 Å². The van der Waals surface area contributed by atoms with E-state index in [2.05, 4.69) is 35.0 Å². The molecule has 5 nitrogen and oxygen atoms in total. The van der Waals surface area contributed by atoms with Crippen molar-refractivity contribution in [1.29, 1.82) is 0 Å². The van der Waals surface area contributed by atoms with Gasteiger partial charge in [0.1, 0.15) is 17.2 Å². The monoisotopic (exact) mass is 337 g/mol. The standard InChI is InChI=1S/C20H23N3O2/c1-14-8-16-9-18(4-5-20(16)24-13-14)25-19-6-7-23-17(10-19)12-22-11-15(2)21-3/h4-7,9-11,14,22H,3,8,12-13H2,1-2H3/b15-11-. The van der Waals surface area contributed by atoms with Crippen molar-refractivity contribution in [2.24, 2.45) is 10.9 Å². The van der Waals surface area contributed by atoms with E-state index >= 15 is 0 Å².